The summed E-state index contributed by atoms with van der Waals surface area (Å²) >= 11 is 0. The second-order valence-electron chi connectivity index (χ2n) is 3.50. The first-order chi connectivity index (χ1) is 8.33. The highest BCUT2D eigenvalue weighted by molar-refractivity contribution is 5.76. The molecule has 18 heavy (non-hydrogen) atoms. The van der Waals surface area contributed by atoms with Gasteiger partial charge in [-0.1, -0.05) is 0 Å². The van der Waals surface area contributed by atoms with E-state index in [1.165, 1.54) is 0 Å². The minimum absolute atomic E-state index is 0.0287. The lowest BCUT2D eigenvalue weighted by Gasteiger charge is -2.30. The van der Waals surface area contributed by atoms with Gasteiger partial charge in [-0.2, -0.15) is 13.2 Å². The van der Waals surface area contributed by atoms with Gasteiger partial charge in [-0.3, -0.25) is 0 Å². The summed E-state index contributed by atoms with van der Waals surface area (Å²) in [5.41, 5.74) is 0. The van der Waals surface area contributed by atoms with Crippen LogP contribution < -0.4 is 0 Å². The SMILES string of the molecule is COC(=O)C1CN(C(=O)OCC(F)(F)F)CCO1. The van der Waals surface area contributed by atoms with Gasteiger partial charge in [-0.15, -0.1) is 0 Å². The summed E-state index contributed by atoms with van der Waals surface area (Å²) < 4.78 is 49.0. The molecule has 0 aromatic carbocycles. The van der Waals surface area contributed by atoms with Gasteiger partial charge in [0.2, 0.25) is 0 Å². The molecule has 9 heteroatoms. The second kappa shape index (κ2) is 5.89. The number of ether oxygens (including phenoxy) is 3. The van der Waals surface area contributed by atoms with Crippen LogP contribution in [0, 0.1) is 0 Å². The Morgan fingerprint density at radius 3 is 2.67 bits per heavy atom. The van der Waals surface area contributed by atoms with Crippen LogP contribution in [-0.2, 0) is 19.0 Å². The minimum atomic E-state index is -4.58. The van der Waals surface area contributed by atoms with E-state index in [-0.39, 0.29) is 19.7 Å². The first kappa shape index (κ1) is 14.6. The van der Waals surface area contributed by atoms with Crippen molar-refractivity contribution >= 4 is 12.1 Å². The molecule has 1 atom stereocenters. The second-order valence-corrected chi connectivity index (χ2v) is 3.50. The number of methoxy groups -OCH3 is 1. The van der Waals surface area contributed by atoms with Crippen molar-refractivity contribution in [2.75, 3.05) is 33.4 Å². The lowest BCUT2D eigenvalue weighted by Crippen LogP contribution is -2.49. The van der Waals surface area contributed by atoms with Crippen molar-refractivity contribution in [1.82, 2.24) is 4.90 Å². The summed E-state index contributed by atoms with van der Waals surface area (Å²) in [7, 11) is 1.15. The number of hydrogen-bond donors (Lipinski definition) is 0. The zero-order valence-electron chi connectivity index (χ0n) is 9.53. The maximum atomic E-state index is 11.8. The number of carbonyl (C=O) groups is 2. The standard InChI is InChI=1S/C9H12F3NO5/c1-16-7(14)6-4-13(2-3-17-6)8(15)18-5-9(10,11)12/h6H,2-5H2,1H3. The van der Waals surface area contributed by atoms with E-state index in [2.05, 4.69) is 9.47 Å². The van der Waals surface area contributed by atoms with Crippen LogP contribution >= 0.6 is 0 Å². The van der Waals surface area contributed by atoms with Gasteiger partial charge in [0.1, 0.15) is 0 Å². The molecule has 0 aromatic rings. The summed E-state index contributed by atoms with van der Waals surface area (Å²) in [6.07, 6.45) is -6.71. The molecule has 0 N–H and O–H groups in total. The van der Waals surface area contributed by atoms with Crippen molar-refractivity contribution in [2.45, 2.75) is 12.3 Å². The molecule has 0 saturated carbocycles. The summed E-state index contributed by atoms with van der Waals surface area (Å²) in [5.74, 6) is -0.691. The Morgan fingerprint density at radius 2 is 2.11 bits per heavy atom. The van der Waals surface area contributed by atoms with E-state index in [0.29, 0.717) is 0 Å². The molecule has 0 spiro atoms. The number of morpholine rings is 1. The lowest BCUT2D eigenvalue weighted by atomic mass is 10.3. The largest absolute Gasteiger partial charge is 0.467 e. The van der Waals surface area contributed by atoms with Crippen molar-refractivity contribution < 1.29 is 37.0 Å². The third kappa shape index (κ3) is 4.40. The average Bonchev–Trinajstić information content (AvgIpc) is 2.34. The third-order valence-corrected chi connectivity index (χ3v) is 2.15. The van der Waals surface area contributed by atoms with Crippen LogP contribution in [0.3, 0.4) is 0 Å². The molecule has 104 valence electrons. The quantitative estimate of drug-likeness (QED) is 0.686. The zero-order valence-corrected chi connectivity index (χ0v) is 9.53. The molecule has 0 aliphatic carbocycles. The Hall–Kier alpha value is -1.51. The van der Waals surface area contributed by atoms with Crippen molar-refractivity contribution in [1.29, 1.82) is 0 Å². The highest BCUT2D eigenvalue weighted by Gasteiger charge is 2.34. The van der Waals surface area contributed by atoms with Crippen LogP contribution in [0.25, 0.3) is 0 Å². The van der Waals surface area contributed by atoms with Gasteiger partial charge in [0.15, 0.2) is 12.7 Å². The monoisotopic (exact) mass is 271 g/mol. The summed E-state index contributed by atoms with van der Waals surface area (Å²) in [4.78, 5) is 23.4. The molecule has 1 unspecified atom stereocenters. The van der Waals surface area contributed by atoms with Crippen LogP contribution in [0.4, 0.5) is 18.0 Å². The molecule has 0 radical (unpaired) electrons. The number of esters is 1. The topological polar surface area (TPSA) is 65.1 Å². The molecular weight excluding hydrogens is 259 g/mol. The Kier molecular flexibility index (Phi) is 4.76. The summed E-state index contributed by atoms with van der Waals surface area (Å²) in [6.45, 7) is -1.76. The van der Waals surface area contributed by atoms with Gasteiger partial charge in [-0.25, -0.2) is 9.59 Å². The fourth-order valence-corrected chi connectivity index (χ4v) is 1.32. The maximum absolute atomic E-state index is 11.8. The summed E-state index contributed by atoms with van der Waals surface area (Å²) in [6, 6.07) is 0. The molecule has 0 aromatic heterocycles. The van der Waals surface area contributed by atoms with Gasteiger partial charge in [0, 0.05) is 6.54 Å². The van der Waals surface area contributed by atoms with E-state index in [0.717, 1.165) is 12.0 Å². The Balaban J connectivity index is 2.46. The Morgan fingerprint density at radius 1 is 1.44 bits per heavy atom. The van der Waals surface area contributed by atoms with E-state index < -0.39 is 30.9 Å². The number of nitrogens with zero attached hydrogens (tertiary/aromatic N) is 1. The molecule has 1 saturated heterocycles. The predicted octanol–water partition coefficient (Wildman–Crippen LogP) is 0.559. The van der Waals surface area contributed by atoms with Crippen molar-refractivity contribution in [2.24, 2.45) is 0 Å². The van der Waals surface area contributed by atoms with E-state index in [4.69, 9.17) is 4.74 Å². The van der Waals surface area contributed by atoms with Crippen LogP contribution in [0.15, 0.2) is 0 Å². The van der Waals surface area contributed by atoms with Gasteiger partial charge in [0.05, 0.1) is 20.3 Å². The molecule has 1 heterocycles. The van der Waals surface area contributed by atoms with Crippen LogP contribution in [0.2, 0.25) is 0 Å². The molecule has 0 bridgehead atoms. The molecule has 1 rings (SSSR count). The van der Waals surface area contributed by atoms with E-state index in [9.17, 15) is 22.8 Å². The van der Waals surface area contributed by atoms with E-state index in [1.807, 2.05) is 0 Å². The molecule has 1 aliphatic heterocycles. The first-order valence-electron chi connectivity index (χ1n) is 5.01. The fraction of sp³-hybridized carbons (Fsp3) is 0.778. The smallest absolute Gasteiger partial charge is 0.422 e. The minimum Gasteiger partial charge on any atom is -0.467 e. The highest BCUT2D eigenvalue weighted by Crippen LogP contribution is 2.16. The molecular formula is C9H12F3NO5. The van der Waals surface area contributed by atoms with Crippen molar-refractivity contribution in [3.8, 4) is 0 Å². The van der Waals surface area contributed by atoms with Crippen molar-refractivity contribution in [3.63, 3.8) is 0 Å². The zero-order chi connectivity index (χ0) is 13.8. The number of carbonyl (C=O) groups excluding carboxylic acids is 2. The van der Waals surface area contributed by atoms with Gasteiger partial charge < -0.3 is 19.1 Å². The van der Waals surface area contributed by atoms with Crippen molar-refractivity contribution in [3.05, 3.63) is 0 Å². The maximum Gasteiger partial charge on any atom is 0.422 e. The van der Waals surface area contributed by atoms with Crippen LogP contribution in [0.5, 0.6) is 0 Å². The van der Waals surface area contributed by atoms with Crippen LogP contribution in [0.1, 0.15) is 0 Å². The summed E-state index contributed by atoms with van der Waals surface area (Å²) in [5, 5.41) is 0. The average molecular weight is 271 g/mol. The van der Waals surface area contributed by atoms with Gasteiger partial charge in [-0.05, 0) is 0 Å². The Bertz CT molecular complexity index is 320. The fourth-order valence-electron chi connectivity index (χ4n) is 1.32. The highest BCUT2D eigenvalue weighted by atomic mass is 19.4. The first-order valence-corrected chi connectivity index (χ1v) is 5.01. The number of rotatable bonds is 2. The lowest BCUT2D eigenvalue weighted by molar-refractivity contribution is -0.167. The van der Waals surface area contributed by atoms with E-state index in [1.54, 1.807) is 0 Å². The van der Waals surface area contributed by atoms with E-state index >= 15 is 0 Å². The molecule has 1 amide bonds. The van der Waals surface area contributed by atoms with Crippen LogP contribution in [-0.4, -0.2) is 62.7 Å². The number of amides is 1. The third-order valence-electron chi connectivity index (χ3n) is 2.15. The van der Waals surface area contributed by atoms with Gasteiger partial charge >= 0.3 is 18.2 Å². The normalized spacial score (nSPS) is 20.4. The molecule has 1 fully saturated rings. The molecule has 1 aliphatic rings. The number of halogens is 3. The van der Waals surface area contributed by atoms with Gasteiger partial charge in [0.25, 0.3) is 0 Å². The predicted molar refractivity (Wildman–Crippen MR) is 50.7 cm³/mol. The number of alkyl halides is 3. The number of hydrogen-bond acceptors (Lipinski definition) is 5. The molecule has 6 nitrogen and oxygen atoms in total. The Labute approximate surface area is 101 Å².